The summed E-state index contributed by atoms with van der Waals surface area (Å²) in [6.07, 6.45) is 5.56. The number of hydrogen-bond donors (Lipinski definition) is 2. The number of halogens is 1. The zero-order valence-corrected chi connectivity index (χ0v) is 21.0. The highest BCUT2D eigenvalue weighted by Gasteiger charge is 2.23. The van der Waals surface area contributed by atoms with Crippen LogP contribution in [0.1, 0.15) is 58.6 Å². The van der Waals surface area contributed by atoms with Crippen LogP contribution in [-0.2, 0) is 19.4 Å². The molecule has 1 saturated heterocycles. The number of rotatable bonds is 7. The van der Waals surface area contributed by atoms with Crippen molar-refractivity contribution >= 4 is 29.9 Å². The van der Waals surface area contributed by atoms with E-state index in [1.54, 1.807) is 0 Å². The summed E-state index contributed by atoms with van der Waals surface area (Å²) < 4.78 is 2.08. The standard InChI is InChI=1S/C21H39N7.HI/c1-5-19-25-20-10-9-18(15-28(20)26-19)24-21(22-6-2)23-12-17-8-7-11-27(14-17)13-16(3)4;/h16-18H,5-15H2,1-4H3,(H2,22,23,24);1H. The van der Waals surface area contributed by atoms with E-state index in [-0.39, 0.29) is 24.0 Å². The molecule has 1 aromatic rings. The van der Waals surface area contributed by atoms with Gasteiger partial charge in [-0.15, -0.1) is 24.0 Å². The van der Waals surface area contributed by atoms with Crippen LogP contribution in [0.2, 0.25) is 0 Å². The fourth-order valence-electron chi connectivity index (χ4n) is 4.34. The van der Waals surface area contributed by atoms with Crippen molar-refractivity contribution in [3.05, 3.63) is 11.6 Å². The second-order valence-electron chi connectivity index (χ2n) is 8.74. The van der Waals surface area contributed by atoms with Crippen molar-refractivity contribution < 1.29 is 0 Å². The first-order chi connectivity index (χ1) is 13.6. The van der Waals surface area contributed by atoms with Gasteiger partial charge in [0.25, 0.3) is 0 Å². The van der Waals surface area contributed by atoms with Crippen molar-refractivity contribution in [3.8, 4) is 0 Å². The third kappa shape index (κ3) is 7.38. The van der Waals surface area contributed by atoms with Crippen LogP contribution in [0.5, 0.6) is 0 Å². The third-order valence-corrected chi connectivity index (χ3v) is 5.64. The first kappa shape index (κ1) is 24.4. The Labute approximate surface area is 193 Å². The van der Waals surface area contributed by atoms with Gasteiger partial charge in [0.15, 0.2) is 11.8 Å². The van der Waals surface area contributed by atoms with Crippen LogP contribution in [0.15, 0.2) is 4.99 Å². The number of guanidine groups is 1. The molecular weight excluding hydrogens is 477 g/mol. The minimum atomic E-state index is 0. The third-order valence-electron chi connectivity index (χ3n) is 5.64. The SMILES string of the molecule is CCNC(=NCC1CCCN(CC(C)C)C1)NC1CCc2nc(CC)nn2C1.I. The summed E-state index contributed by atoms with van der Waals surface area (Å²) >= 11 is 0. The summed E-state index contributed by atoms with van der Waals surface area (Å²) in [6, 6.07) is 0.362. The summed E-state index contributed by atoms with van der Waals surface area (Å²) in [5.41, 5.74) is 0. The van der Waals surface area contributed by atoms with E-state index in [2.05, 4.69) is 58.0 Å². The number of fused-ring (bicyclic) bond motifs is 1. The summed E-state index contributed by atoms with van der Waals surface area (Å²) in [5, 5.41) is 11.7. The van der Waals surface area contributed by atoms with Crippen molar-refractivity contribution in [2.45, 2.75) is 72.4 Å². The van der Waals surface area contributed by atoms with Gasteiger partial charge in [-0.1, -0.05) is 20.8 Å². The Balaban J connectivity index is 0.00000300. The Kier molecular flexibility index (Phi) is 10.1. The van der Waals surface area contributed by atoms with Crippen LogP contribution in [0.25, 0.3) is 0 Å². The highest BCUT2D eigenvalue weighted by molar-refractivity contribution is 14.0. The molecule has 1 fully saturated rings. The van der Waals surface area contributed by atoms with Crippen LogP contribution < -0.4 is 10.6 Å². The molecule has 2 N–H and O–H groups in total. The molecule has 0 amide bonds. The number of aromatic nitrogens is 3. The molecular formula is C21H40IN7. The number of likely N-dealkylation sites (tertiary alicyclic amines) is 1. The number of nitrogens with one attached hydrogen (secondary N) is 2. The molecule has 0 bridgehead atoms. The van der Waals surface area contributed by atoms with E-state index in [0.29, 0.717) is 12.0 Å². The molecule has 166 valence electrons. The van der Waals surface area contributed by atoms with Gasteiger partial charge >= 0.3 is 0 Å². The van der Waals surface area contributed by atoms with Crippen molar-refractivity contribution in [1.29, 1.82) is 0 Å². The highest BCUT2D eigenvalue weighted by atomic mass is 127. The molecule has 0 spiro atoms. The first-order valence-electron chi connectivity index (χ1n) is 11.3. The highest BCUT2D eigenvalue weighted by Crippen LogP contribution is 2.18. The van der Waals surface area contributed by atoms with E-state index in [0.717, 1.165) is 62.4 Å². The van der Waals surface area contributed by atoms with Gasteiger partial charge in [-0.3, -0.25) is 4.99 Å². The number of aryl methyl sites for hydroxylation is 2. The molecule has 2 atom stereocenters. The predicted molar refractivity (Wildman–Crippen MR) is 130 cm³/mol. The Morgan fingerprint density at radius 1 is 1.24 bits per heavy atom. The molecule has 7 nitrogen and oxygen atoms in total. The lowest BCUT2D eigenvalue weighted by molar-refractivity contribution is 0.162. The van der Waals surface area contributed by atoms with Crippen LogP contribution in [0.3, 0.4) is 0 Å². The van der Waals surface area contributed by atoms with Gasteiger partial charge in [0.1, 0.15) is 5.82 Å². The summed E-state index contributed by atoms with van der Waals surface area (Å²) in [4.78, 5) is 12.2. The largest absolute Gasteiger partial charge is 0.357 e. The molecule has 29 heavy (non-hydrogen) atoms. The lowest BCUT2D eigenvalue weighted by Crippen LogP contribution is -2.47. The Hall–Kier alpha value is -0.900. The fraction of sp³-hybridized carbons (Fsp3) is 0.857. The smallest absolute Gasteiger partial charge is 0.191 e. The van der Waals surface area contributed by atoms with E-state index in [4.69, 9.17) is 4.99 Å². The lowest BCUT2D eigenvalue weighted by atomic mass is 9.97. The number of piperidine rings is 1. The Morgan fingerprint density at radius 3 is 2.79 bits per heavy atom. The quantitative estimate of drug-likeness (QED) is 0.331. The van der Waals surface area contributed by atoms with E-state index < -0.39 is 0 Å². The van der Waals surface area contributed by atoms with Gasteiger partial charge in [0.05, 0.1) is 6.54 Å². The molecule has 0 saturated carbocycles. The Bertz CT molecular complexity index is 643. The molecule has 0 aliphatic carbocycles. The van der Waals surface area contributed by atoms with Crippen LogP contribution in [0.4, 0.5) is 0 Å². The molecule has 8 heteroatoms. The van der Waals surface area contributed by atoms with E-state index in [1.165, 1.54) is 32.5 Å². The molecule has 0 radical (unpaired) electrons. The van der Waals surface area contributed by atoms with Crippen molar-refractivity contribution in [2.24, 2.45) is 16.8 Å². The number of aliphatic imine (C=N–C) groups is 1. The van der Waals surface area contributed by atoms with Crippen molar-refractivity contribution in [3.63, 3.8) is 0 Å². The maximum absolute atomic E-state index is 4.94. The van der Waals surface area contributed by atoms with Crippen molar-refractivity contribution in [2.75, 3.05) is 32.7 Å². The molecule has 2 aliphatic rings. The monoisotopic (exact) mass is 517 g/mol. The zero-order chi connectivity index (χ0) is 19.9. The van der Waals surface area contributed by atoms with E-state index in [1.807, 2.05) is 0 Å². The van der Waals surface area contributed by atoms with Gasteiger partial charge in [0, 0.05) is 45.1 Å². The maximum Gasteiger partial charge on any atom is 0.191 e. The molecule has 2 aliphatic heterocycles. The summed E-state index contributed by atoms with van der Waals surface area (Å²) in [7, 11) is 0. The normalized spacial score (nSPS) is 22.9. The van der Waals surface area contributed by atoms with Crippen molar-refractivity contribution in [1.82, 2.24) is 30.3 Å². The topological polar surface area (TPSA) is 70.4 Å². The second-order valence-corrected chi connectivity index (χ2v) is 8.74. The number of hydrogen-bond acceptors (Lipinski definition) is 4. The van der Waals surface area contributed by atoms with Gasteiger partial charge < -0.3 is 15.5 Å². The summed E-state index contributed by atoms with van der Waals surface area (Å²) in [5.74, 6) is 4.45. The van der Waals surface area contributed by atoms with Crippen LogP contribution in [-0.4, -0.2) is 64.4 Å². The van der Waals surface area contributed by atoms with Gasteiger partial charge in [-0.2, -0.15) is 5.10 Å². The predicted octanol–water partition coefficient (Wildman–Crippen LogP) is 2.70. The molecule has 0 aromatic carbocycles. The molecule has 2 unspecified atom stereocenters. The van der Waals surface area contributed by atoms with Crippen LogP contribution >= 0.6 is 24.0 Å². The van der Waals surface area contributed by atoms with Crippen LogP contribution in [0, 0.1) is 11.8 Å². The number of nitrogens with zero attached hydrogens (tertiary/aromatic N) is 5. The van der Waals surface area contributed by atoms with E-state index >= 15 is 0 Å². The second kappa shape index (κ2) is 12.1. The minimum absolute atomic E-state index is 0. The molecule has 1 aromatic heterocycles. The average Bonchev–Trinajstić information content (AvgIpc) is 3.08. The van der Waals surface area contributed by atoms with Gasteiger partial charge in [0.2, 0.25) is 0 Å². The lowest BCUT2D eigenvalue weighted by Gasteiger charge is -2.33. The average molecular weight is 518 g/mol. The molecule has 3 rings (SSSR count). The molecule has 3 heterocycles. The van der Waals surface area contributed by atoms with Gasteiger partial charge in [-0.05, 0) is 44.6 Å². The summed E-state index contributed by atoms with van der Waals surface area (Å²) in [6.45, 7) is 15.2. The fourth-order valence-corrected chi connectivity index (χ4v) is 4.34. The maximum atomic E-state index is 4.94. The van der Waals surface area contributed by atoms with Gasteiger partial charge in [-0.25, -0.2) is 9.67 Å². The Morgan fingerprint density at radius 2 is 2.07 bits per heavy atom. The zero-order valence-electron chi connectivity index (χ0n) is 18.7. The first-order valence-corrected chi connectivity index (χ1v) is 11.3. The minimum Gasteiger partial charge on any atom is -0.357 e. The van der Waals surface area contributed by atoms with E-state index in [9.17, 15) is 0 Å².